The predicted molar refractivity (Wildman–Crippen MR) is 107 cm³/mol. The zero-order valence-corrected chi connectivity index (χ0v) is 15.6. The van der Waals surface area contributed by atoms with Gasteiger partial charge >= 0.3 is 0 Å². The molecule has 134 valence electrons. The first kappa shape index (κ1) is 17.3. The molecule has 4 rings (SSSR count). The van der Waals surface area contributed by atoms with Crippen molar-refractivity contribution in [2.75, 3.05) is 19.3 Å². The molecular formula is C20H17N5OS. The van der Waals surface area contributed by atoms with E-state index < -0.39 is 0 Å². The van der Waals surface area contributed by atoms with Crippen LogP contribution >= 0.6 is 11.8 Å². The number of rotatable bonds is 5. The summed E-state index contributed by atoms with van der Waals surface area (Å²) in [6.45, 7) is 0.435. The molecule has 0 spiro atoms. The van der Waals surface area contributed by atoms with E-state index in [9.17, 15) is 4.79 Å². The smallest absolute Gasteiger partial charge is 0.232 e. The number of benzene rings is 2. The van der Waals surface area contributed by atoms with Gasteiger partial charge in [-0.1, -0.05) is 36.0 Å². The van der Waals surface area contributed by atoms with Gasteiger partial charge in [-0.2, -0.15) is 5.26 Å². The molecule has 0 N–H and O–H groups in total. The van der Waals surface area contributed by atoms with Crippen LogP contribution in [0.1, 0.15) is 6.42 Å². The summed E-state index contributed by atoms with van der Waals surface area (Å²) < 4.78 is 2.02. The fourth-order valence-electron chi connectivity index (χ4n) is 2.99. The molecule has 4 aromatic rings. The second kappa shape index (κ2) is 7.25. The molecule has 2 aromatic carbocycles. The highest BCUT2D eigenvalue weighted by Gasteiger charge is 2.16. The van der Waals surface area contributed by atoms with Crippen molar-refractivity contribution in [2.45, 2.75) is 11.6 Å². The van der Waals surface area contributed by atoms with Gasteiger partial charge in [0.2, 0.25) is 5.91 Å². The molecule has 0 aliphatic heterocycles. The molecule has 1 amide bonds. The number of hydrogen-bond acceptors (Lipinski definition) is 5. The van der Waals surface area contributed by atoms with E-state index in [1.807, 2.05) is 52.9 Å². The molecule has 0 bridgehead atoms. The zero-order valence-electron chi connectivity index (χ0n) is 14.8. The van der Waals surface area contributed by atoms with Crippen molar-refractivity contribution >= 4 is 45.3 Å². The van der Waals surface area contributed by atoms with Gasteiger partial charge in [0, 0.05) is 19.0 Å². The summed E-state index contributed by atoms with van der Waals surface area (Å²) in [4.78, 5) is 23.5. The Labute approximate surface area is 160 Å². The minimum absolute atomic E-state index is 0.0252. The van der Waals surface area contributed by atoms with E-state index in [2.05, 4.69) is 6.07 Å². The van der Waals surface area contributed by atoms with Gasteiger partial charge in [0.05, 0.1) is 34.8 Å². The minimum Gasteiger partial charge on any atom is -0.344 e. The van der Waals surface area contributed by atoms with Gasteiger partial charge < -0.3 is 4.90 Å². The highest BCUT2D eigenvalue weighted by molar-refractivity contribution is 7.99. The number of fused-ring (bicyclic) bond motifs is 5. The number of amides is 1. The fraction of sp³-hybridized carbons (Fsp3) is 0.200. The molecule has 0 aliphatic carbocycles. The lowest BCUT2D eigenvalue weighted by Gasteiger charge is -2.15. The molecule has 7 heteroatoms. The Morgan fingerprint density at radius 2 is 1.89 bits per heavy atom. The van der Waals surface area contributed by atoms with Crippen LogP contribution in [-0.2, 0) is 4.79 Å². The summed E-state index contributed by atoms with van der Waals surface area (Å²) in [5.41, 5.74) is 3.57. The Morgan fingerprint density at radius 1 is 1.15 bits per heavy atom. The largest absolute Gasteiger partial charge is 0.344 e. The lowest BCUT2D eigenvalue weighted by molar-refractivity contribution is -0.127. The van der Waals surface area contributed by atoms with Crippen molar-refractivity contribution < 1.29 is 4.79 Å². The van der Waals surface area contributed by atoms with E-state index >= 15 is 0 Å². The molecular weight excluding hydrogens is 358 g/mol. The van der Waals surface area contributed by atoms with Crippen LogP contribution in [0.25, 0.3) is 27.6 Å². The molecule has 27 heavy (non-hydrogen) atoms. The average molecular weight is 375 g/mol. The molecule has 0 aliphatic rings. The standard InChI is InChI=1S/C20H17N5OS/c1-24(12-6-11-21)18(26)13-27-20-23-15-8-3-2-7-14(15)19-22-16-9-4-5-10-17(16)25(19)20/h2-5,7-10H,6,12-13H2,1H3. The molecule has 0 radical (unpaired) electrons. The van der Waals surface area contributed by atoms with E-state index in [0.29, 0.717) is 13.0 Å². The minimum atomic E-state index is -0.0252. The first-order valence-electron chi connectivity index (χ1n) is 8.58. The van der Waals surface area contributed by atoms with Gasteiger partial charge in [-0.25, -0.2) is 9.97 Å². The third-order valence-corrected chi connectivity index (χ3v) is 5.35. The Kier molecular flexibility index (Phi) is 4.65. The van der Waals surface area contributed by atoms with Crippen LogP contribution in [-0.4, -0.2) is 44.5 Å². The van der Waals surface area contributed by atoms with Gasteiger partial charge in [-0.15, -0.1) is 0 Å². The summed E-state index contributed by atoms with van der Waals surface area (Å²) in [6.07, 6.45) is 0.331. The third kappa shape index (κ3) is 3.20. The molecule has 0 saturated heterocycles. The topological polar surface area (TPSA) is 74.3 Å². The number of carbonyl (C=O) groups excluding carboxylic acids is 1. The lowest BCUT2D eigenvalue weighted by atomic mass is 10.2. The third-order valence-electron chi connectivity index (χ3n) is 4.42. The van der Waals surface area contributed by atoms with E-state index in [4.69, 9.17) is 15.2 Å². The van der Waals surface area contributed by atoms with Crippen molar-refractivity contribution in [1.29, 1.82) is 5.26 Å². The van der Waals surface area contributed by atoms with Crippen molar-refractivity contribution in [3.63, 3.8) is 0 Å². The van der Waals surface area contributed by atoms with Crippen molar-refractivity contribution in [1.82, 2.24) is 19.3 Å². The first-order chi connectivity index (χ1) is 13.2. The van der Waals surface area contributed by atoms with Crippen LogP contribution < -0.4 is 0 Å². The van der Waals surface area contributed by atoms with E-state index in [0.717, 1.165) is 32.7 Å². The highest BCUT2D eigenvalue weighted by Crippen LogP contribution is 2.28. The zero-order chi connectivity index (χ0) is 18.8. The second-order valence-corrected chi connectivity index (χ2v) is 7.13. The number of thioether (sulfide) groups is 1. The SMILES string of the molecule is CN(CCC#N)C(=O)CSc1nc2ccccc2c2nc3ccccc3n12. The summed E-state index contributed by atoms with van der Waals surface area (Å²) >= 11 is 1.39. The number of aromatic nitrogens is 3. The van der Waals surface area contributed by atoms with Crippen LogP contribution in [0.15, 0.2) is 53.7 Å². The van der Waals surface area contributed by atoms with Crippen molar-refractivity contribution in [3.05, 3.63) is 48.5 Å². The number of hydrogen-bond donors (Lipinski definition) is 0. The maximum Gasteiger partial charge on any atom is 0.232 e. The Balaban J connectivity index is 1.77. The molecule has 6 nitrogen and oxygen atoms in total. The van der Waals surface area contributed by atoms with Crippen LogP contribution in [0.2, 0.25) is 0 Å². The fourth-order valence-corrected chi connectivity index (χ4v) is 3.94. The quantitative estimate of drug-likeness (QED) is 0.394. The van der Waals surface area contributed by atoms with Gasteiger partial charge in [0.1, 0.15) is 5.65 Å². The molecule has 0 saturated carbocycles. The Hall–Kier alpha value is -3.11. The normalized spacial score (nSPS) is 11.1. The monoisotopic (exact) mass is 375 g/mol. The molecule has 0 fully saturated rings. The molecule has 2 heterocycles. The Morgan fingerprint density at radius 3 is 2.70 bits per heavy atom. The molecule has 0 unspecified atom stereocenters. The Bertz CT molecular complexity index is 1190. The highest BCUT2D eigenvalue weighted by atomic mass is 32.2. The summed E-state index contributed by atoms with van der Waals surface area (Å²) in [5.74, 6) is 0.234. The van der Waals surface area contributed by atoms with Gasteiger partial charge in [0.15, 0.2) is 5.16 Å². The van der Waals surface area contributed by atoms with Crippen LogP contribution in [0, 0.1) is 11.3 Å². The second-order valence-electron chi connectivity index (χ2n) is 6.18. The number of nitrogens with zero attached hydrogens (tertiary/aromatic N) is 5. The number of carbonyl (C=O) groups is 1. The van der Waals surface area contributed by atoms with Gasteiger partial charge in [-0.3, -0.25) is 9.20 Å². The number of nitriles is 1. The van der Waals surface area contributed by atoms with Crippen LogP contribution in [0.4, 0.5) is 0 Å². The maximum absolute atomic E-state index is 12.4. The molecule has 2 aromatic heterocycles. The molecule has 0 atom stereocenters. The summed E-state index contributed by atoms with van der Waals surface area (Å²) in [6, 6.07) is 17.9. The van der Waals surface area contributed by atoms with Crippen LogP contribution in [0.5, 0.6) is 0 Å². The van der Waals surface area contributed by atoms with Crippen LogP contribution in [0.3, 0.4) is 0 Å². The number of para-hydroxylation sites is 3. The lowest BCUT2D eigenvalue weighted by Crippen LogP contribution is -2.29. The predicted octanol–water partition coefficient (Wildman–Crippen LogP) is 3.50. The van der Waals surface area contributed by atoms with E-state index in [1.54, 1.807) is 11.9 Å². The van der Waals surface area contributed by atoms with Gasteiger partial charge in [0.25, 0.3) is 0 Å². The van der Waals surface area contributed by atoms with Crippen molar-refractivity contribution in [2.24, 2.45) is 0 Å². The summed E-state index contributed by atoms with van der Waals surface area (Å²) in [7, 11) is 1.72. The number of imidazole rings is 1. The van der Waals surface area contributed by atoms with E-state index in [-0.39, 0.29) is 11.7 Å². The van der Waals surface area contributed by atoms with Gasteiger partial charge in [-0.05, 0) is 24.3 Å². The van der Waals surface area contributed by atoms with Crippen molar-refractivity contribution in [3.8, 4) is 6.07 Å². The maximum atomic E-state index is 12.4. The van der Waals surface area contributed by atoms with E-state index in [1.165, 1.54) is 11.8 Å². The average Bonchev–Trinajstić information content (AvgIpc) is 3.10. The first-order valence-corrected chi connectivity index (χ1v) is 9.57. The summed E-state index contributed by atoms with van der Waals surface area (Å²) in [5, 5.41) is 10.4.